The Morgan fingerprint density at radius 1 is 0.833 bits per heavy atom. The van der Waals surface area contributed by atoms with Gasteiger partial charge in [0.25, 0.3) is 5.91 Å². The summed E-state index contributed by atoms with van der Waals surface area (Å²) in [6.45, 7) is 3.12. The highest BCUT2D eigenvalue weighted by Crippen LogP contribution is 2.27. The van der Waals surface area contributed by atoms with E-state index in [-0.39, 0.29) is 5.91 Å². The largest absolute Gasteiger partial charge is 0.367 e. The van der Waals surface area contributed by atoms with E-state index in [9.17, 15) is 4.79 Å². The van der Waals surface area contributed by atoms with Gasteiger partial charge < -0.3 is 9.80 Å². The summed E-state index contributed by atoms with van der Waals surface area (Å²) < 4.78 is 0. The normalized spacial score (nSPS) is 14.8. The molecular formula is C20H19N3O. The number of rotatable bonds is 2. The predicted octanol–water partition coefficient (Wildman–Crippen LogP) is 3.20. The smallest absolute Gasteiger partial charge is 0.272 e. The summed E-state index contributed by atoms with van der Waals surface area (Å²) in [5.74, 6) is 0.0215. The lowest BCUT2D eigenvalue weighted by Gasteiger charge is -2.36. The molecule has 1 saturated heterocycles. The molecule has 4 rings (SSSR count). The number of hydrogen-bond acceptors (Lipinski definition) is 3. The summed E-state index contributed by atoms with van der Waals surface area (Å²) in [4.78, 5) is 20.9. The standard InChI is InChI=1S/C20H19N3O/c24-20(18-9-3-4-11-21-18)23-14-12-22(13-15-23)19-10-5-7-16-6-1-2-8-17(16)19/h1-11H,12-15H2. The van der Waals surface area contributed by atoms with Gasteiger partial charge in [-0.05, 0) is 23.6 Å². The van der Waals surface area contributed by atoms with Crippen LogP contribution >= 0.6 is 0 Å². The van der Waals surface area contributed by atoms with Crippen LogP contribution in [0.1, 0.15) is 10.5 Å². The van der Waals surface area contributed by atoms with E-state index in [4.69, 9.17) is 0 Å². The second-order valence-electron chi connectivity index (χ2n) is 5.99. The number of amides is 1. The lowest BCUT2D eigenvalue weighted by atomic mass is 10.1. The molecule has 1 aromatic heterocycles. The summed E-state index contributed by atoms with van der Waals surface area (Å²) in [7, 11) is 0. The van der Waals surface area contributed by atoms with Crippen molar-refractivity contribution in [1.29, 1.82) is 0 Å². The average molecular weight is 317 g/mol. The molecule has 0 aliphatic carbocycles. The number of carbonyl (C=O) groups is 1. The summed E-state index contributed by atoms with van der Waals surface area (Å²) in [5, 5.41) is 2.52. The summed E-state index contributed by atoms with van der Waals surface area (Å²) in [6, 6.07) is 20.3. The molecule has 0 saturated carbocycles. The third kappa shape index (κ3) is 2.71. The van der Waals surface area contributed by atoms with Gasteiger partial charge in [0.1, 0.15) is 5.69 Å². The molecule has 0 unspecified atom stereocenters. The van der Waals surface area contributed by atoms with Crippen LogP contribution in [0.4, 0.5) is 5.69 Å². The first-order valence-electron chi connectivity index (χ1n) is 8.26. The zero-order valence-corrected chi connectivity index (χ0v) is 13.4. The minimum atomic E-state index is 0.0215. The fourth-order valence-electron chi connectivity index (χ4n) is 3.29. The summed E-state index contributed by atoms with van der Waals surface area (Å²) >= 11 is 0. The van der Waals surface area contributed by atoms with E-state index in [1.165, 1.54) is 16.5 Å². The molecule has 1 fully saturated rings. The third-order valence-corrected chi connectivity index (χ3v) is 4.56. The monoisotopic (exact) mass is 317 g/mol. The van der Waals surface area contributed by atoms with Gasteiger partial charge in [0.2, 0.25) is 0 Å². The maximum absolute atomic E-state index is 12.5. The molecule has 1 aliphatic heterocycles. The summed E-state index contributed by atoms with van der Waals surface area (Å²) in [6.07, 6.45) is 1.67. The number of nitrogens with zero attached hydrogens (tertiary/aromatic N) is 3. The molecular weight excluding hydrogens is 298 g/mol. The van der Waals surface area contributed by atoms with Crippen molar-refractivity contribution in [3.05, 3.63) is 72.6 Å². The van der Waals surface area contributed by atoms with Gasteiger partial charge in [-0.15, -0.1) is 0 Å². The van der Waals surface area contributed by atoms with Crippen molar-refractivity contribution in [3.63, 3.8) is 0 Å². The Balaban J connectivity index is 1.51. The molecule has 2 heterocycles. The van der Waals surface area contributed by atoms with Crippen molar-refractivity contribution in [3.8, 4) is 0 Å². The average Bonchev–Trinajstić information content (AvgIpc) is 2.68. The summed E-state index contributed by atoms with van der Waals surface area (Å²) in [5.41, 5.74) is 1.77. The molecule has 3 aromatic rings. The van der Waals surface area contributed by atoms with Crippen molar-refractivity contribution in [2.24, 2.45) is 0 Å². The van der Waals surface area contributed by atoms with Crippen molar-refractivity contribution in [1.82, 2.24) is 9.88 Å². The number of fused-ring (bicyclic) bond motifs is 1. The number of piperazine rings is 1. The number of benzene rings is 2. The molecule has 24 heavy (non-hydrogen) atoms. The van der Waals surface area contributed by atoms with Gasteiger partial charge in [0, 0.05) is 43.4 Å². The topological polar surface area (TPSA) is 36.4 Å². The lowest BCUT2D eigenvalue weighted by molar-refractivity contribution is 0.0741. The minimum absolute atomic E-state index is 0.0215. The van der Waals surface area contributed by atoms with Gasteiger partial charge in [0.15, 0.2) is 0 Å². The van der Waals surface area contributed by atoms with Crippen molar-refractivity contribution in [2.45, 2.75) is 0 Å². The number of hydrogen-bond donors (Lipinski definition) is 0. The molecule has 4 heteroatoms. The van der Waals surface area contributed by atoms with Crippen molar-refractivity contribution < 1.29 is 4.79 Å². The van der Waals surface area contributed by atoms with E-state index in [2.05, 4.69) is 52.3 Å². The van der Waals surface area contributed by atoms with Crippen LogP contribution in [-0.4, -0.2) is 42.0 Å². The fraction of sp³-hybridized carbons (Fsp3) is 0.200. The Kier molecular flexibility index (Phi) is 3.87. The van der Waals surface area contributed by atoms with Crippen LogP contribution in [0.3, 0.4) is 0 Å². The highest BCUT2D eigenvalue weighted by atomic mass is 16.2. The van der Waals surface area contributed by atoms with Crippen LogP contribution in [0.5, 0.6) is 0 Å². The first kappa shape index (κ1) is 14.7. The molecule has 4 nitrogen and oxygen atoms in total. The molecule has 1 amide bonds. The molecule has 0 spiro atoms. The van der Waals surface area contributed by atoms with E-state index < -0.39 is 0 Å². The van der Waals surface area contributed by atoms with Crippen LogP contribution < -0.4 is 4.90 Å². The Morgan fingerprint density at radius 2 is 1.58 bits per heavy atom. The van der Waals surface area contributed by atoms with E-state index in [0.717, 1.165) is 26.2 Å². The van der Waals surface area contributed by atoms with Gasteiger partial charge in [-0.1, -0.05) is 42.5 Å². The van der Waals surface area contributed by atoms with E-state index >= 15 is 0 Å². The molecule has 1 aliphatic rings. The lowest BCUT2D eigenvalue weighted by Crippen LogP contribution is -2.49. The van der Waals surface area contributed by atoms with Crippen LogP contribution in [0.25, 0.3) is 10.8 Å². The zero-order valence-electron chi connectivity index (χ0n) is 13.4. The van der Waals surface area contributed by atoms with Gasteiger partial charge in [-0.2, -0.15) is 0 Å². The second kappa shape index (κ2) is 6.32. The first-order valence-corrected chi connectivity index (χ1v) is 8.26. The van der Waals surface area contributed by atoms with Crippen molar-refractivity contribution >= 4 is 22.4 Å². The Hall–Kier alpha value is -2.88. The Bertz CT molecular complexity index is 850. The maximum Gasteiger partial charge on any atom is 0.272 e. The Morgan fingerprint density at radius 3 is 2.38 bits per heavy atom. The predicted molar refractivity (Wildman–Crippen MR) is 96.3 cm³/mol. The number of carbonyl (C=O) groups excluding carboxylic acids is 1. The number of pyridine rings is 1. The van der Waals surface area contributed by atoms with Gasteiger partial charge >= 0.3 is 0 Å². The first-order chi connectivity index (χ1) is 11.8. The quantitative estimate of drug-likeness (QED) is 0.728. The number of anilines is 1. The van der Waals surface area contributed by atoms with E-state index in [1.807, 2.05) is 17.0 Å². The molecule has 2 aromatic carbocycles. The second-order valence-corrected chi connectivity index (χ2v) is 5.99. The highest BCUT2D eigenvalue weighted by Gasteiger charge is 2.23. The molecule has 0 atom stereocenters. The van der Waals surface area contributed by atoms with Gasteiger partial charge in [0.05, 0.1) is 0 Å². The van der Waals surface area contributed by atoms with Gasteiger partial charge in [-0.3, -0.25) is 9.78 Å². The SMILES string of the molecule is O=C(c1ccccn1)N1CCN(c2cccc3ccccc23)CC1. The third-order valence-electron chi connectivity index (χ3n) is 4.56. The van der Waals surface area contributed by atoms with E-state index in [1.54, 1.807) is 12.3 Å². The maximum atomic E-state index is 12.5. The molecule has 120 valence electrons. The fourth-order valence-corrected chi connectivity index (χ4v) is 3.29. The van der Waals surface area contributed by atoms with Gasteiger partial charge in [-0.25, -0.2) is 0 Å². The van der Waals surface area contributed by atoms with Crippen LogP contribution in [0, 0.1) is 0 Å². The molecule has 0 N–H and O–H groups in total. The van der Waals surface area contributed by atoms with Crippen LogP contribution in [0.2, 0.25) is 0 Å². The van der Waals surface area contributed by atoms with Crippen LogP contribution in [-0.2, 0) is 0 Å². The zero-order chi connectivity index (χ0) is 16.4. The molecule has 0 bridgehead atoms. The molecule has 0 radical (unpaired) electrons. The highest BCUT2D eigenvalue weighted by molar-refractivity contribution is 5.95. The number of aromatic nitrogens is 1. The Labute approximate surface area is 141 Å². The van der Waals surface area contributed by atoms with Crippen LogP contribution in [0.15, 0.2) is 66.9 Å². The minimum Gasteiger partial charge on any atom is -0.367 e. The van der Waals surface area contributed by atoms with E-state index in [0.29, 0.717) is 5.69 Å². The van der Waals surface area contributed by atoms with Crippen molar-refractivity contribution in [2.75, 3.05) is 31.1 Å².